The summed E-state index contributed by atoms with van der Waals surface area (Å²) in [6.45, 7) is 3.92. The van der Waals surface area contributed by atoms with Crippen molar-refractivity contribution in [2.45, 2.75) is 19.0 Å². The fourth-order valence-corrected chi connectivity index (χ4v) is 4.80. The molecule has 8 heteroatoms. The smallest absolute Gasteiger partial charge is 0.196 e. The van der Waals surface area contributed by atoms with Crippen LogP contribution in [0.5, 0.6) is 0 Å². The summed E-state index contributed by atoms with van der Waals surface area (Å²) in [6.07, 6.45) is 0. The molecule has 0 spiro atoms. The van der Waals surface area contributed by atoms with Crippen molar-refractivity contribution >= 4 is 38.9 Å². The van der Waals surface area contributed by atoms with Crippen molar-refractivity contribution < 1.29 is 5.11 Å². The number of aliphatic hydroxyl groups excluding tert-OH is 1. The van der Waals surface area contributed by atoms with E-state index < -0.39 is 0 Å². The van der Waals surface area contributed by atoms with E-state index in [4.69, 9.17) is 0 Å². The third-order valence-corrected chi connectivity index (χ3v) is 6.39. The zero-order chi connectivity index (χ0) is 20.4. The van der Waals surface area contributed by atoms with E-state index in [-0.39, 0.29) is 17.1 Å². The van der Waals surface area contributed by atoms with E-state index in [1.54, 1.807) is 0 Å². The van der Waals surface area contributed by atoms with Crippen molar-refractivity contribution in [1.29, 1.82) is 5.26 Å². The zero-order valence-corrected chi connectivity index (χ0v) is 17.5. The van der Waals surface area contributed by atoms with E-state index in [0.29, 0.717) is 10.2 Å². The largest absolute Gasteiger partial charge is 0.510 e. The van der Waals surface area contributed by atoms with E-state index in [1.165, 1.54) is 23.1 Å². The molecule has 0 bridgehead atoms. The molecular formula is C21H17N5OS2. The van der Waals surface area contributed by atoms with Gasteiger partial charge in [0.15, 0.2) is 5.16 Å². The highest BCUT2D eigenvalue weighted by molar-refractivity contribution is 7.99. The number of aryl methyl sites for hydroxylation is 2. The Kier molecular flexibility index (Phi) is 5.34. The van der Waals surface area contributed by atoms with Crippen LogP contribution in [0, 0.1) is 25.2 Å². The van der Waals surface area contributed by atoms with E-state index >= 15 is 0 Å². The molecule has 4 rings (SSSR count). The van der Waals surface area contributed by atoms with Gasteiger partial charge in [-0.05, 0) is 37.6 Å². The lowest BCUT2D eigenvalue weighted by Crippen LogP contribution is -2.02. The van der Waals surface area contributed by atoms with Gasteiger partial charge in [0.25, 0.3) is 0 Å². The van der Waals surface area contributed by atoms with E-state index in [2.05, 4.69) is 21.3 Å². The first kappa shape index (κ1) is 19.2. The van der Waals surface area contributed by atoms with Gasteiger partial charge in [0, 0.05) is 0 Å². The molecular weight excluding hydrogens is 402 g/mol. The lowest BCUT2D eigenvalue weighted by molar-refractivity contribution is 0.420. The van der Waals surface area contributed by atoms with Crippen LogP contribution in [0.15, 0.2) is 59.4 Å². The van der Waals surface area contributed by atoms with Crippen molar-refractivity contribution in [3.63, 3.8) is 0 Å². The molecule has 0 aliphatic rings. The molecule has 6 nitrogen and oxygen atoms in total. The van der Waals surface area contributed by atoms with E-state index in [9.17, 15) is 10.4 Å². The molecule has 29 heavy (non-hydrogen) atoms. The summed E-state index contributed by atoms with van der Waals surface area (Å²) < 4.78 is 2.93. The van der Waals surface area contributed by atoms with Gasteiger partial charge in [-0.25, -0.2) is 4.98 Å². The number of para-hydroxylation sites is 2. The summed E-state index contributed by atoms with van der Waals surface area (Å²) in [4.78, 5) is 4.48. The normalized spacial score (nSPS) is 12.0. The second-order valence-electron chi connectivity index (χ2n) is 6.36. The van der Waals surface area contributed by atoms with Gasteiger partial charge in [-0.2, -0.15) is 5.26 Å². The van der Waals surface area contributed by atoms with Crippen LogP contribution in [-0.4, -0.2) is 30.6 Å². The molecule has 0 radical (unpaired) electrons. The Morgan fingerprint density at radius 2 is 1.90 bits per heavy atom. The molecule has 0 saturated heterocycles. The fraction of sp³-hybridized carbons (Fsp3) is 0.143. The van der Waals surface area contributed by atoms with E-state index in [1.807, 2.05) is 66.9 Å². The number of aromatic nitrogens is 4. The first-order valence-corrected chi connectivity index (χ1v) is 10.7. The van der Waals surface area contributed by atoms with Crippen LogP contribution in [0.1, 0.15) is 16.4 Å². The van der Waals surface area contributed by atoms with Gasteiger partial charge in [-0.15, -0.1) is 21.5 Å². The number of hydrogen-bond acceptors (Lipinski definition) is 7. The summed E-state index contributed by atoms with van der Waals surface area (Å²) in [5, 5.41) is 29.8. The number of allylic oxidation sites excluding steroid dienone is 1. The molecule has 2 aromatic heterocycles. The van der Waals surface area contributed by atoms with Gasteiger partial charge in [0.2, 0.25) is 0 Å². The molecule has 0 aliphatic heterocycles. The third-order valence-electron chi connectivity index (χ3n) is 4.40. The Bertz CT molecular complexity index is 1230. The number of hydrogen-bond donors (Lipinski definition) is 1. The van der Waals surface area contributed by atoms with Gasteiger partial charge in [-0.1, -0.05) is 42.1 Å². The molecule has 144 valence electrons. The van der Waals surface area contributed by atoms with Crippen LogP contribution in [0.3, 0.4) is 0 Å². The second-order valence-corrected chi connectivity index (χ2v) is 8.33. The maximum Gasteiger partial charge on any atom is 0.196 e. The zero-order valence-electron chi connectivity index (χ0n) is 15.8. The fourth-order valence-electron chi connectivity index (χ4n) is 2.95. The lowest BCUT2D eigenvalue weighted by Gasteiger charge is -2.11. The number of nitrogens with zero attached hydrogens (tertiary/aromatic N) is 5. The van der Waals surface area contributed by atoms with Crippen LogP contribution in [-0.2, 0) is 0 Å². The number of fused-ring (bicyclic) bond motifs is 1. The van der Waals surface area contributed by atoms with Crippen molar-refractivity contribution in [2.75, 3.05) is 5.75 Å². The molecule has 0 unspecified atom stereocenters. The minimum atomic E-state index is -0.0199. The van der Waals surface area contributed by atoms with Crippen molar-refractivity contribution in [3.05, 3.63) is 70.7 Å². The predicted octanol–water partition coefficient (Wildman–Crippen LogP) is 5.08. The summed E-state index contributed by atoms with van der Waals surface area (Å²) in [6, 6.07) is 17.8. The highest BCUT2D eigenvalue weighted by atomic mass is 32.2. The molecule has 0 amide bonds. The Morgan fingerprint density at radius 1 is 1.14 bits per heavy atom. The maximum atomic E-state index is 10.6. The van der Waals surface area contributed by atoms with Crippen molar-refractivity contribution in [3.8, 4) is 11.8 Å². The minimum Gasteiger partial charge on any atom is -0.510 e. The average Bonchev–Trinajstić information content (AvgIpc) is 3.30. The quantitative estimate of drug-likeness (QED) is 0.276. The molecule has 4 aromatic rings. The number of thioether (sulfide) groups is 1. The molecule has 0 atom stereocenters. The van der Waals surface area contributed by atoms with E-state index in [0.717, 1.165) is 27.3 Å². The van der Waals surface area contributed by atoms with Crippen LogP contribution in [0.25, 0.3) is 21.5 Å². The summed E-state index contributed by atoms with van der Waals surface area (Å²) in [5.74, 6) is 0.938. The van der Waals surface area contributed by atoms with Crippen LogP contribution >= 0.6 is 23.1 Å². The summed E-state index contributed by atoms with van der Waals surface area (Å²) in [7, 11) is 0. The minimum absolute atomic E-state index is 0.0199. The predicted molar refractivity (Wildman–Crippen MR) is 116 cm³/mol. The van der Waals surface area contributed by atoms with Gasteiger partial charge in [-0.3, -0.25) is 4.57 Å². The SMILES string of the molecule is Cc1ccccc1-n1c(C)nnc1SC/C(O)=C(\C#N)c1nc2ccccc2s1. The molecule has 2 aromatic carbocycles. The van der Waals surface area contributed by atoms with Gasteiger partial charge in [0.1, 0.15) is 28.2 Å². The number of thiazole rings is 1. The highest BCUT2D eigenvalue weighted by Crippen LogP contribution is 2.30. The van der Waals surface area contributed by atoms with Crippen molar-refractivity contribution in [2.24, 2.45) is 0 Å². The molecule has 0 aliphatic carbocycles. The molecule has 2 heterocycles. The molecule has 0 saturated carbocycles. The van der Waals surface area contributed by atoms with Gasteiger partial charge < -0.3 is 5.11 Å². The molecule has 0 fully saturated rings. The maximum absolute atomic E-state index is 10.6. The number of benzene rings is 2. The van der Waals surface area contributed by atoms with Crippen LogP contribution in [0.4, 0.5) is 0 Å². The Balaban J connectivity index is 1.63. The first-order valence-electron chi connectivity index (χ1n) is 8.87. The first-order chi connectivity index (χ1) is 14.1. The van der Waals surface area contributed by atoms with Crippen LogP contribution < -0.4 is 0 Å². The van der Waals surface area contributed by atoms with Gasteiger partial charge >= 0.3 is 0 Å². The Morgan fingerprint density at radius 3 is 2.66 bits per heavy atom. The summed E-state index contributed by atoms with van der Waals surface area (Å²) >= 11 is 2.72. The lowest BCUT2D eigenvalue weighted by atomic mass is 10.2. The number of aliphatic hydroxyl groups is 1. The van der Waals surface area contributed by atoms with Crippen molar-refractivity contribution in [1.82, 2.24) is 19.7 Å². The third kappa shape index (κ3) is 3.75. The number of rotatable bonds is 5. The Hall–Kier alpha value is -3.15. The molecule has 1 N–H and O–H groups in total. The standard InChI is InChI=1S/C21H17N5OS2/c1-13-7-3-5-9-17(13)26-14(2)24-25-21(26)28-12-18(27)15(11-22)20-23-16-8-4-6-10-19(16)29-20/h3-10,27H,12H2,1-2H3/b18-15-. The number of nitriles is 1. The van der Waals surface area contributed by atoms with Gasteiger partial charge in [0.05, 0.1) is 21.7 Å². The topological polar surface area (TPSA) is 87.6 Å². The highest BCUT2D eigenvalue weighted by Gasteiger charge is 2.17. The average molecular weight is 420 g/mol. The Labute approximate surface area is 176 Å². The monoisotopic (exact) mass is 419 g/mol. The summed E-state index contributed by atoms with van der Waals surface area (Å²) in [5.41, 5.74) is 3.10. The second kappa shape index (κ2) is 8.07. The van der Waals surface area contributed by atoms with Crippen LogP contribution in [0.2, 0.25) is 0 Å².